The maximum absolute atomic E-state index is 12.7. The van der Waals surface area contributed by atoms with Crippen molar-refractivity contribution in [3.63, 3.8) is 0 Å². The fourth-order valence-electron chi connectivity index (χ4n) is 2.75. The lowest BCUT2D eigenvalue weighted by atomic mass is 10.1. The summed E-state index contributed by atoms with van der Waals surface area (Å²) in [5.74, 6) is -0.472. The minimum absolute atomic E-state index is 0.0596. The minimum Gasteiger partial charge on any atom is -0.465 e. The van der Waals surface area contributed by atoms with E-state index in [1.54, 1.807) is 29.2 Å². The van der Waals surface area contributed by atoms with Gasteiger partial charge in [-0.2, -0.15) is 0 Å². The molecule has 1 heterocycles. The number of nitrogens with zero attached hydrogens (tertiary/aromatic N) is 1. The topological polar surface area (TPSA) is 55.8 Å². The van der Waals surface area contributed by atoms with Crippen LogP contribution in [0.4, 0.5) is 0 Å². The van der Waals surface area contributed by atoms with E-state index < -0.39 is 5.97 Å². The Morgan fingerprint density at radius 2 is 1.71 bits per heavy atom. The zero-order valence-corrected chi connectivity index (χ0v) is 13.5. The van der Waals surface area contributed by atoms with Crippen molar-refractivity contribution >= 4 is 11.9 Å². The van der Waals surface area contributed by atoms with Crippen molar-refractivity contribution in [3.05, 3.63) is 71.3 Å². The van der Waals surface area contributed by atoms with Crippen LogP contribution in [0.25, 0.3) is 0 Å². The van der Waals surface area contributed by atoms with Gasteiger partial charge < -0.3 is 14.4 Å². The molecule has 0 saturated carbocycles. The van der Waals surface area contributed by atoms with Crippen LogP contribution < -0.4 is 0 Å². The monoisotopic (exact) mass is 325 g/mol. The van der Waals surface area contributed by atoms with E-state index in [4.69, 9.17) is 4.74 Å². The van der Waals surface area contributed by atoms with E-state index >= 15 is 0 Å². The molecule has 1 fully saturated rings. The fourth-order valence-corrected chi connectivity index (χ4v) is 2.75. The average molecular weight is 325 g/mol. The standard InChI is InChI=1S/C19H19NO4/c1-23-19(22)16-9-7-15(8-10-16)18(21)20-11-12-24-17(13-20)14-5-3-2-4-6-14/h2-10,17H,11-13H2,1H3. The molecule has 1 saturated heterocycles. The third-order valence-electron chi connectivity index (χ3n) is 4.08. The molecule has 1 atom stereocenters. The first-order valence-electron chi connectivity index (χ1n) is 7.83. The Hall–Kier alpha value is -2.66. The van der Waals surface area contributed by atoms with Crippen molar-refractivity contribution in [2.45, 2.75) is 6.10 Å². The predicted molar refractivity (Wildman–Crippen MR) is 88.8 cm³/mol. The van der Waals surface area contributed by atoms with Crippen LogP contribution in [-0.2, 0) is 9.47 Å². The van der Waals surface area contributed by atoms with E-state index in [0.717, 1.165) is 5.56 Å². The van der Waals surface area contributed by atoms with Gasteiger partial charge in [-0.3, -0.25) is 4.79 Å². The van der Waals surface area contributed by atoms with Crippen molar-refractivity contribution < 1.29 is 19.1 Å². The summed E-state index contributed by atoms with van der Waals surface area (Å²) in [5.41, 5.74) is 2.05. The Morgan fingerprint density at radius 3 is 2.38 bits per heavy atom. The Kier molecular flexibility index (Phi) is 4.91. The highest BCUT2D eigenvalue weighted by Crippen LogP contribution is 2.23. The van der Waals surface area contributed by atoms with Crippen LogP contribution in [-0.4, -0.2) is 43.6 Å². The number of hydrogen-bond acceptors (Lipinski definition) is 4. The summed E-state index contributed by atoms with van der Waals surface area (Å²) >= 11 is 0. The van der Waals surface area contributed by atoms with Crippen molar-refractivity contribution in [1.29, 1.82) is 0 Å². The molecule has 0 spiro atoms. The highest BCUT2D eigenvalue weighted by molar-refractivity contribution is 5.96. The van der Waals surface area contributed by atoms with Gasteiger partial charge in [0.15, 0.2) is 0 Å². The molecule has 1 amide bonds. The first-order valence-corrected chi connectivity index (χ1v) is 7.83. The van der Waals surface area contributed by atoms with Crippen LogP contribution in [0.2, 0.25) is 0 Å². The molecule has 0 aromatic heterocycles. The molecule has 2 aromatic rings. The molecule has 124 valence electrons. The highest BCUT2D eigenvalue weighted by atomic mass is 16.5. The summed E-state index contributed by atoms with van der Waals surface area (Å²) in [6.45, 7) is 1.58. The summed E-state index contributed by atoms with van der Waals surface area (Å²) in [6, 6.07) is 16.4. The van der Waals surface area contributed by atoms with E-state index in [9.17, 15) is 9.59 Å². The van der Waals surface area contributed by atoms with Gasteiger partial charge in [-0.05, 0) is 29.8 Å². The minimum atomic E-state index is -0.412. The molecule has 0 aliphatic carbocycles. The van der Waals surface area contributed by atoms with Crippen molar-refractivity contribution in [1.82, 2.24) is 4.90 Å². The number of methoxy groups -OCH3 is 1. The maximum atomic E-state index is 12.7. The molecule has 1 aliphatic rings. The first kappa shape index (κ1) is 16.2. The Labute approximate surface area is 140 Å². The normalized spacial score (nSPS) is 17.4. The number of amides is 1. The Bertz CT molecular complexity index is 712. The maximum Gasteiger partial charge on any atom is 0.337 e. The van der Waals surface area contributed by atoms with Crippen molar-refractivity contribution in [2.75, 3.05) is 26.8 Å². The smallest absolute Gasteiger partial charge is 0.337 e. The van der Waals surface area contributed by atoms with Crippen LogP contribution in [0, 0.1) is 0 Å². The number of morpholine rings is 1. The van der Waals surface area contributed by atoms with Gasteiger partial charge in [0.1, 0.15) is 6.10 Å². The van der Waals surface area contributed by atoms with E-state index in [1.165, 1.54) is 7.11 Å². The van der Waals surface area contributed by atoms with Gasteiger partial charge >= 0.3 is 5.97 Å². The summed E-state index contributed by atoms with van der Waals surface area (Å²) in [5, 5.41) is 0. The van der Waals surface area contributed by atoms with Gasteiger partial charge in [0.25, 0.3) is 5.91 Å². The Morgan fingerprint density at radius 1 is 1.04 bits per heavy atom. The third-order valence-corrected chi connectivity index (χ3v) is 4.08. The lowest BCUT2D eigenvalue weighted by molar-refractivity contribution is -0.0228. The van der Waals surface area contributed by atoms with Crippen LogP contribution in [0.1, 0.15) is 32.4 Å². The Balaban J connectivity index is 1.71. The fraction of sp³-hybridized carbons (Fsp3) is 0.263. The average Bonchev–Trinajstić information content (AvgIpc) is 2.67. The van der Waals surface area contributed by atoms with E-state index in [2.05, 4.69) is 4.74 Å². The molecule has 1 aliphatic heterocycles. The third kappa shape index (κ3) is 3.46. The highest BCUT2D eigenvalue weighted by Gasteiger charge is 2.26. The van der Waals surface area contributed by atoms with Gasteiger partial charge in [-0.1, -0.05) is 30.3 Å². The second kappa shape index (κ2) is 7.27. The van der Waals surface area contributed by atoms with Crippen molar-refractivity contribution in [2.24, 2.45) is 0 Å². The molecule has 1 unspecified atom stereocenters. The molecule has 24 heavy (non-hydrogen) atoms. The molecule has 5 nitrogen and oxygen atoms in total. The van der Waals surface area contributed by atoms with Gasteiger partial charge in [-0.15, -0.1) is 0 Å². The number of carbonyl (C=O) groups excluding carboxylic acids is 2. The molecule has 5 heteroatoms. The van der Waals surface area contributed by atoms with Gasteiger partial charge in [-0.25, -0.2) is 4.79 Å². The van der Waals surface area contributed by atoms with Gasteiger partial charge in [0, 0.05) is 12.1 Å². The molecule has 2 aromatic carbocycles. The molecular weight excluding hydrogens is 306 g/mol. The number of rotatable bonds is 3. The van der Waals surface area contributed by atoms with Crippen LogP contribution in [0.3, 0.4) is 0 Å². The van der Waals surface area contributed by atoms with E-state index in [-0.39, 0.29) is 12.0 Å². The van der Waals surface area contributed by atoms with E-state index in [0.29, 0.717) is 30.8 Å². The summed E-state index contributed by atoms with van der Waals surface area (Å²) in [6.07, 6.45) is -0.113. The lowest BCUT2D eigenvalue weighted by Gasteiger charge is -2.33. The van der Waals surface area contributed by atoms with Gasteiger partial charge in [0.05, 0.1) is 25.8 Å². The molecule has 0 N–H and O–H groups in total. The second-order valence-corrected chi connectivity index (χ2v) is 5.59. The summed E-state index contributed by atoms with van der Waals surface area (Å²) in [4.78, 5) is 25.9. The summed E-state index contributed by atoms with van der Waals surface area (Å²) < 4.78 is 10.5. The summed E-state index contributed by atoms with van der Waals surface area (Å²) in [7, 11) is 1.33. The van der Waals surface area contributed by atoms with E-state index in [1.807, 2.05) is 30.3 Å². The van der Waals surface area contributed by atoms with Crippen LogP contribution in [0.5, 0.6) is 0 Å². The van der Waals surface area contributed by atoms with Crippen molar-refractivity contribution in [3.8, 4) is 0 Å². The second-order valence-electron chi connectivity index (χ2n) is 5.59. The van der Waals surface area contributed by atoms with Gasteiger partial charge in [0.2, 0.25) is 0 Å². The zero-order valence-electron chi connectivity index (χ0n) is 13.5. The number of hydrogen-bond donors (Lipinski definition) is 0. The number of ether oxygens (including phenoxy) is 2. The predicted octanol–water partition coefficient (Wildman–Crippen LogP) is 2.69. The molecule has 3 rings (SSSR count). The number of carbonyl (C=O) groups is 2. The van der Waals surface area contributed by atoms with Crippen LogP contribution in [0.15, 0.2) is 54.6 Å². The SMILES string of the molecule is COC(=O)c1ccc(C(=O)N2CCOC(c3ccccc3)C2)cc1. The quantitative estimate of drug-likeness (QED) is 0.814. The largest absolute Gasteiger partial charge is 0.465 e. The molecule has 0 bridgehead atoms. The number of esters is 1. The molecule has 0 radical (unpaired) electrons. The lowest BCUT2D eigenvalue weighted by Crippen LogP contribution is -2.42. The first-order chi connectivity index (χ1) is 11.7. The zero-order chi connectivity index (χ0) is 16.9. The van der Waals surface area contributed by atoms with Crippen LogP contribution >= 0.6 is 0 Å². The number of benzene rings is 2. The molecular formula is C19H19NO4.